The van der Waals surface area contributed by atoms with Gasteiger partial charge in [0.2, 0.25) is 5.56 Å². The quantitative estimate of drug-likeness (QED) is 0.699. The van der Waals surface area contributed by atoms with Gasteiger partial charge in [-0.1, -0.05) is 0 Å². The number of aryl methyl sites for hydroxylation is 1. The number of carbonyl (C=O) groups is 1. The maximum Gasteiger partial charge on any atom is 0.256 e. The van der Waals surface area contributed by atoms with Gasteiger partial charge in [0.15, 0.2) is 0 Å². The molecule has 0 radical (unpaired) electrons. The molecule has 1 aliphatic heterocycles. The first-order valence-corrected chi connectivity index (χ1v) is 5.87. The van der Waals surface area contributed by atoms with Crippen molar-refractivity contribution in [1.82, 2.24) is 9.47 Å². The fourth-order valence-corrected chi connectivity index (χ4v) is 2.42. The van der Waals surface area contributed by atoms with E-state index in [-0.39, 0.29) is 11.5 Å². The number of rotatable bonds is 1. The summed E-state index contributed by atoms with van der Waals surface area (Å²) in [5, 5.41) is 0. The van der Waals surface area contributed by atoms with Crippen molar-refractivity contribution < 1.29 is 4.79 Å². The lowest BCUT2D eigenvalue weighted by Gasteiger charge is -2.14. The molecule has 1 aromatic rings. The molecular weight excluding hydrogens is 212 g/mol. The van der Waals surface area contributed by atoms with Crippen LogP contribution in [0.5, 0.6) is 0 Å². The zero-order valence-corrected chi connectivity index (χ0v) is 9.29. The van der Waals surface area contributed by atoms with Gasteiger partial charge in [-0.15, -0.1) is 11.8 Å². The van der Waals surface area contributed by atoms with E-state index in [1.165, 1.54) is 10.6 Å². The Hall–Kier alpha value is -1.23. The van der Waals surface area contributed by atoms with Gasteiger partial charge in [0.05, 0.1) is 11.4 Å². The molecule has 4 nitrogen and oxygen atoms in total. The third kappa shape index (κ3) is 2.07. The van der Waals surface area contributed by atoms with E-state index in [2.05, 4.69) is 0 Å². The highest BCUT2D eigenvalue weighted by Gasteiger charge is 2.19. The molecule has 0 unspecified atom stereocenters. The molecule has 0 aliphatic carbocycles. The van der Waals surface area contributed by atoms with Crippen LogP contribution < -0.4 is 5.56 Å². The van der Waals surface area contributed by atoms with Crippen molar-refractivity contribution in [2.75, 3.05) is 18.2 Å². The minimum absolute atomic E-state index is 0.00981. The third-order valence-corrected chi connectivity index (χ3v) is 3.34. The van der Waals surface area contributed by atoms with Crippen LogP contribution in [0.2, 0.25) is 0 Å². The first-order chi connectivity index (χ1) is 7.18. The van der Waals surface area contributed by atoms with Gasteiger partial charge in [0.1, 0.15) is 0 Å². The average molecular weight is 224 g/mol. The number of amides is 1. The molecule has 0 bridgehead atoms. The SMILES string of the molecule is Cn1cc(C(=O)N2CCSC2)ccc1=O. The normalized spacial score (nSPS) is 15.7. The number of aromatic nitrogens is 1. The van der Waals surface area contributed by atoms with Crippen LogP contribution in [0.4, 0.5) is 0 Å². The second-order valence-electron chi connectivity index (χ2n) is 3.47. The smallest absolute Gasteiger partial charge is 0.256 e. The number of thioether (sulfide) groups is 1. The molecule has 2 heterocycles. The van der Waals surface area contributed by atoms with Crippen LogP contribution in [0.25, 0.3) is 0 Å². The molecule has 1 amide bonds. The minimum atomic E-state index is -0.0950. The molecular formula is C10H12N2O2S. The maximum absolute atomic E-state index is 11.9. The first kappa shape index (κ1) is 10.3. The molecule has 15 heavy (non-hydrogen) atoms. The summed E-state index contributed by atoms with van der Waals surface area (Å²) in [6.07, 6.45) is 1.59. The van der Waals surface area contributed by atoms with E-state index in [4.69, 9.17) is 0 Å². The predicted molar refractivity (Wildman–Crippen MR) is 60.0 cm³/mol. The summed E-state index contributed by atoms with van der Waals surface area (Å²) in [6.45, 7) is 0.798. The van der Waals surface area contributed by atoms with E-state index in [0.717, 1.165) is 18.2 Å². The van der Waals surface area contributed by atoms with Gasteiger partial charge < -0.3 is 9.47 Å². The van der Waals surface area contributed by atoms with Gasteiger partial charge >= 0.3 is 0 Å². The van der Waals surface area contributed by atoms with Gasteiger partial charge in [-0.2, -0.15) is 0 Å². The van der Waals surface area contributed by atoms with Crippen molar-refractivity contribution in [3.8, 4) is 0 Å². The Morgan fingerprint density at radius 3 is 2.87 bits per heavy atom. The van der Waals surface area contributed by atoms with Crippen molar-refractivity contribution in [1.29, 1.82) is 0 Å². The minimum Gasteiger partial charge on any atom is -0.329 e. The molecule has 1 saturated heterocycles. The highest BCUT2D eigenvalue weighted by Crippen LogP contribution is 2.15. The summed E-state index contributed by atoms with van der Waals surface area (Å²) >= 11 is 1.75. The zero-order valence-electron chi connectivity index (χ0n) is 8.47. The highest BCUT2D eigenvalue weighted by molar-refractivity contribution is 7.99. The van der Waals surface area contributed by atoms with E-state index in [9.17, 15) is 9.59 Å². The Bertz CT molecular complexity index is 435. The molecule has 0 spiro atoms. The topological polar surface area (TPSA) is 42.3 Å². The van der Waals surface area contributed by atoms with Crippen molar-refractivity contribution in [2.24, 2.45) is 7.05 Å². The molecule has 0 atom stereocenters. The summed E-state index contributed by atoms with van der Waals surface area (Å²) in [5.74, 6) is 1.76. The maximum atomic E-state index is 11.9. The second kappa shape index (κ2) is 4.10. The molecule has 80 valence electrons. The Balaban J connectivity index is 2.25. The molecule has 1 aliphatic rings. The predicted octanol–water partition coefficient (Wildman–Crippen LogP) is 0.532. The Morgan fingerprint density at radius 1 is 1.47 bits per heavy atom. The number of pyridine rings is 1. The first-order valence-electron chi connectivity index (χ1n) is 4.72. The molecule has 0 aromatic carbocycles. The van der Waals surface area contributed by atoms with Crippen molar-refractivity contribution in [2.45, 2.75) is 0 Å². The van der Waals surface area contributed by atoms with Crippen molar-refractivity contribution in [3.05, 3.63) is 34.2 Å². The molecule has 1 fully saturated rings. The number of hydrogen-bond donors (Lipinski definition) is 0. The molecule has 5 heteroatoms. The van der Waals surface area contributed by atoms with Gasteiger partial charge in [-0.3, -0.25) is 9.59 Å². The van der Waals surface area contributed by atoms with Crippen molar-refractivity contribution in [3.63, 3.8) is 0 Å². The highest BCUT2D eigenvalue weighted by atomic mass is 32.2. The standard InChI is InChI=1S/C10H12N2O2S/c1-11-6-8(2-3-9(11)13)10(14)12-4-5-15-7-12/h2-3,6H,4-5,7H2,1H3. The van der Waals surface area contributed by atoms with E-state index in [1.54, 1.807) is 36.0 Å². The molecule has 2 rings (SSSR count). The molecule has 1 aromatic heterocycles. The average Bonchev–Trinajstić information content (AvgIpc) is 2.74. The van der Waals surface area contributed by atoms with Crippen LogP contribution in [0.15, 0.2) is 23.1 Å². The van der Waals surface area contributed by atoms with Gasteiger partial charge in [-0.25, -0.2) is 0 Å². The summed E-state index contributed by atoms with van der Waals surface area (Å²) in [4.78, 5) is 24.9. The Labute approximate surface area is 91.9 Å². The zero-order chi connectivity index (χ0) is 10.8. The fraction of sp³-hybridized carbons (Fsp3) is 0.400. The summed E-state index contributed by atoms with van der Waals surface area (Å²) in [5.41, 5.74) is 0.488. The fourth-order valence-electron chi connectivity index (χ4n) is 1.48. The van der Waals surface area contributed by atoms with Crippen LogP contribution in [0.1, 0.15) is 10.4 Å². The van der Waals surface area contributed by atoms with E-state index in [1.807, 2.05) is 0 Å². The van der Waals surface area contributed by atoms with Gasteiger partial charge in [-0.05, 0) is 6.07 Å². The summed E-state index contributed by atoms with van der Waals surface area (Å²) in [6, 6.07) is 3.02. The number of hydrogen-bond acceptors (Lipinski definition) is 3. The summed E-state index contributed by atoms with van der Waals surface area (Å²) < 4.78 is 1.43. The molecule has 0 N–H and O–H groups in total. The van der Waals surface area contributed by atoms with Crippen LogP contribution in [-0.2, 0) is 7.05 Å². The lowest BCUT2D eigenvalue weighted by Crippen LogP contribution is -2.29. The largest absolute Gasteiger partial charge is 0.329 e. The van der Waals surface area contributed by atoms with Gasteiger partial charge in [0, 0.05) is 31.6 Å². The third-order valence-electron chi connectivity index (χ3n) is 2.37. The monoisotopic (exact) mass is 224 g/mol. The van der Waals surface area contributed by atoms with Crippen LogP contribution in [0, 0.1) is 0 Å². The van der Waals surface area contributed by atoms with Crippen LogP contribution in [0.3, 0.4) is 0 Å². The van der Waals surface area contributed by atoms with E-state index >= 15 is 0 Å². The van der Waals surface area contributed by atoms with E-state index in [0.29, 0.717) is 5.56 Å². The van der Waals surface area contributed by atoms with Crippen LogP contribution in [-0.4, -0.2) is 33.5 Å². The van der Waals surface area contributed by atoms with Crippen LogP contribution >= 0.6 is 11.8 Å². The number of nitrogens with zero attached hydrogens (tertiary/aromatic N) is 2. The molecule has 0 saturated carbocycles. The second-order valence-corrected chi connectivity index (χ2v) is 4.55. The van der Waals surface area contributed by atoms with E-state index < -0.39 is 0 Å². The van der Waals surface area contributed by atoms with Crippen molar-refractivity contribution >= 4 is 17.7 Å². The number of carbonyl (C=O) groups excluding carboxylic acids is 1. The Kier molecular flexibility index (Phi) is 2.81. The lowest BCUT2D eigenvalue weighted by molar-refractivity contribution is 0.0802. The van der Waals surface area contributed by atoms with Gasteiger partial charge in [0.25, 0.3) is 5.91 Å². The Morgan fingerprint density at radius 2 is 2.27 bits per heavy atom. The lowest BCUT2D eigenvalue weighted by atomic mass is 10.2. The summed E-state index contributed by atoms with van der Waals surface area (Å²) in [7, 11) is 1.65.